The molecule has 0 radical (unpaired) electrons. The summed E-state index contributed by atoms with van der Waals surface area (Å²) in [4.78, 5) is 0. The minimum Gasteiger partial charge on any atom is -0.491 e. The lowest BCUT2D eigenvalue weighted by molar-refractivity contribution is -0.0141. The van der Waals surface area contributed by atoms with Crippen LogP contribution in [0.25, 0.3) is 0 Å². The number of ether oxygens (including phenoxy) is 34. The summed E-state index contributed by atoms with van der Waals surface area (Å²) in [6.07, 6.45) is 1.00. The average Bonchev–Trinajstić information content (AvgIpc) is 0.870. The highest BCUT2D eigenvalue weighted by molar-refractivity contribution is 5.43. The molecule has 6 aromatic carbocycles. The maximum Gasteiger partial charge on any atom is 0.126 e. The normalized spacial score (nSPS) is 11.2. The summed E-state index contributed by atoms with van der Waals surface area (Å²) in [7, 11) is 0. The van der Waals surface area contributed by atoms with Crippen LogP contribution in [0.15, 0.2) is 158 Å². The number of rotatable bonds is 102. The quantitative estimate of drug-likeness (QED) is 0.0347. The zero-order valence-corrected chi connectivity index (χ0v) is 80.6. The molecule has 0 spiro atoms. The second kappa shape index (κ2) is 100. The van der Waals surface area contributed by atoms with Gasteiger partial charge in [-0.1, -0.05) is 143 Å². The zero-order valence-electron chi connectivity index (χ0n) is 80.6. The van der Waals surface area contributed by atoms with Gasteiger partial charge in [-0.3, -0.25) is 0 Å². The Hall–Kier alpha value is -7.04. The highest BCUT2D eigenvalue weighted by Crippen LogP contribution is 2.30. The van der Waals surface area contributed by atoms with Crippen LogP contribution in [-0.2, 0) is 159 Å². The van der Waals surface area contributed by atoms with Crippen molar-refractivity contribution < 1.29 is 166 Å². The molecular formula is C103H166O35. The van der Waals surface area contributed by atoms with Crippen molar-refractivity contribution in [2.45, 2.75) is 54.6 Å². The van der Waals surface area contributed by atoms with Gasteiger partial charge >= 0.3 is 0 Å². The first-order valence-electron chi connectivity index (χ1n) is 47.7. The Morgan fingerprint density at radius 2 is 0.261 bits per heavy atom. The molecule has 788 valence electrons. The lowest BCUT2D eigenvalue weighted by atomic mass is 10.2. The van der Waals surface area contributed by atoms with Crippen molar-refractivity contribution in [1.82, 2.24) is 0 Å². The summed E-state index contributed by atoms with van der Waals surface area (Å²) in [5.74, 6) is 3.48. The van der Waals surface area contributed by atoms with Crippen molar-refractivity contribution in [3.05, 3.63) is 180 Å². The van der Waals surface area contributed by atoms with Gasteiger partial charge in [0, 0.05) is 43.0 Å². The van der Waals surface area contributed by atoms with Crippen LogP contribution in [0.2, 0.25) is 0 Å². The molecule has 0 aliphatic rings. The second-order valence-electron chi connectivity index (χ2n) is 28.9. The molecular weight excluding hydrogens is 1800 g/mol. The van der Waals surface area contributed by atoms with E-state index in [2.05, 4.69) is 6.92 Å². The van der Waals surface area contributed by atoms with Gasteiger partial charge in [-0.05, 0) is 28.7 Å². The SMILES string of the molecule is C.C.CCCOCCOCCOCCOCCOc1cc(OCCOCCOCCOCCOCCOCc2ccccc2)cc(OCCOCCOCCOCCOCCOCc2ccccc2)c1.OCCOCCOCCOCCOCCOc1cc(OCCOCCOCCOCCOCCOCc2ccccc2)cc(OCCOCCOCCOCCOCCOCc2ccccc2)c1. The van der Waals surface area contributed by atoms with E-state index in [1.54, 1.807) is 18.2 Å². The van der Waals surface area contributed by atoms with Crippen LogP contribution >= 0.6 is 0 Å². The van der Waals surface area contributed by atoms with E-state index in [0.29, 0.717) is 438 Å². The monoisotopic (exact) mass is 1960 g/mol. The molecule has 0 aliphatic heterocycles. The highest BCUT2D eigenvalue weighted by Gasteiger charge is 2.11. The molecule has 0 saturated heterocycles. The van der Waals surface area contributed by atoms with Crippen LogP contribution in [0.4, 0.5) is 0 Å². The molecule has 0 aliphatic carbocycles. The third-order valence-corrected chi connectivity index (χ3v) is 17.9. The van der Waals surface area contributed by atoms with E-state index < -0.39 is 0 Å². The molecule has 138 heavy (non-hydrogen) atoms. The first-order chi connectivity index (χ1) is 67.7. The minimum atomic E-state index is 0. The zero-order chi connectivity index (χ0) is 95.5. The number of benzene rings is 6. The Bertz CT molecular complexity index is 3030. The molecule has 0 fully saturated rings. The van der Waals surface area contributed by atoms with Crippen LogP contribution < -0.4 is 28.4 Å². The Morgan fingerprint density at radius 1 is 0.145 bits per heavy atom. The third kappa shape index (κ3) is 81.5. The topological polar surface area (TPSA) is 334 Å². The van der Waals surface area contributed by atoms with Gasteiger partial charge in [0.25, 0.3) is 0 Å². The summed E-state index contributed by atoms with van der Waals surface area (Å²) < 4.78 is 192. The van der Waals surface area contributed by atoms with Crippen LogP contribution in [0.5, 0.6) is 34.5 Å². The van der Waals surface area contributed by atoms with E-state index in [1.165, 1.54) is 0 Å². The number of aliphatic hydroxyl groups excluding tert-OH is 1. The van der Waals surface area contributed by atoms with Gasteiger partial charge in [0.1, 0.15) is 74.1 Å². The lowest BCUT2D eigenvalue weighted by Gasteiger charge is -2.14. The van der Waals surface area contributed by atoms with E-state index >= 15 is 0 Å². The smallest absolute Gasteiger partial charge is 0.126 e. The van der Waals surface area contributed by atoms with Crippen LogP contribution in [0.1, 0.15) is 50.5 Å². The van der Waals surface area contributed by atoms with Crippen molar-refractivity contribution in [2.75, 3.05) is 390 Å². The number of hydrogen-bond donors (Lipinski definition) is 1. The fraction of sp³-hybridized carbons (Fsp3) is 0.650. The minimum absolute atomic E-state index is 0. The van der Waals surface area contributed by atoms with Gasteiger partial charge in [-0.25, -0.2) is 0 Å². The van der Waals surface area contributed by atoms with Crippen LogP contribution in [-0.4, -0.2) is 395 Å². The summed E-state index contributed by atoms with van der Waals surface area (Å²) >= 11 is 0. The molecule has 1 N–H and O–H groups in total. The van der Waals surface area contributed by atoms with Gasteiger partial charge in [-0.2, -0.15) is 0 Å². The number of aliphatic hydroxyl groups is 1. The average molecular weight is 1960 g/mol. The van der Waals surface area contributed by atoms with E-state index in [-0.39, 0.29) is 21.5 Å². The standard InChI is InChI=1S/C51H80O17.C50H78O18.2CH4/c1-2-13-52-14-15-53-16-17-56-26-29-61-36-39-66-49-42-50(67-40-37-62-30-27-57-20-18-54-22-24-59-32-34-64-45-47-9-5-3-6-10-47)44-51(43-49)68-41-38-63-31-28-58-21-19-55-23-25-60-33-35-65-46-48-11-7-4-8-12-48;51-11-12-52-13-14-53-15-16-56-25-28-61-35-38-66-48-41-49(67-39-36-62-29-26-57-19-17-54-21-23-59-31-33-64-44-46-7-3-1-4-8-46)43-50(42-48)68-40-37-63-30-27-58-20-18-55-22-24-60-32-34-65-45-47-9-5-2-6-10-47;;/h3-12,42-44H,2,13-41,45-46H2,1H3;1-10,41-43,51H,11-40,44-45H2;2*1H4. The molecule has 0 unspecified atom stereocenters. The van der Waals surface area contributed by atoms with Gasteiger partial charge in [0.15, 0.2) is 0 Å². The maximum absolute atomic E-state index is 8.71. The molecule has 0 atom stereocenters. The lowest BCUT2D eigenvalue weighted by Crippen LogP contribution is -2.15. The fourth-order valence-corrected chi connectivity index (χ4v) is 11.2. The van der Waals surface area contributed by atoms with Crippen molar-refractivity contribution in [1.29, 1.82) is 0 Å². The predicted molar refractivity (Wildman–Crippen MR) is 521 cm³/mol. The largest absolute Gasteiger partial charge is 0.491 e. The summed E-state index contributed by atoms with van der Waals surface area (Å²) in [6, 6.07) is 51.1. The summed E-state index contributed by atoms with van der Waals surface area (Å²) in [5.41, 5.74) is 4.58. The molecule has 0 heterocycles. The van der Waals surface area contributed by atoms with E-state index in [4.69, 9.17) is 166 Å². The van der Waals surface area contributed by atoms with Gasteiger partial charge in [0.05, 0.1) is 370 Å². The molecule has 0 bridgehead atoms. The van der Waals surface area contributed by atoms with E-state index in [9.17, 15) is 0 Å². The Balaban J connectivity index is 0.000000700. The Kier molecular flexibility index (Phi) is 90.7. The molecule has 6 aromatic rings. The van der Waals surface area contributed by atoms with Crippen molar-refractivity contribution in [3.63, 3.8) is 0 Å². The summed E-state index contributed by atoms with van der Waals surface area (Å²) in [6.45, 7) is 31.0. The highest BCUT2D eigenvalue weighted by atomic mass is 16.6. The molecule has 0 saturated carbocycles. The molecule has 0 amide bonds. The molecule has 35 heteroatoms. The fourth-order valence-electron chi connectivity index (χ4n) is 11.2. The summed E-state index contributed by atoms with van der Waals surface area (Å²) in [5, 5.41) is 8.71. The Morgan fingerprint density at radius 3 is 0.391 bits per heavy atom. The van der Waals surface area contributed by atoms with Crippen molar-refractivity contribution in [2.24, 2.45) is 0 Å². The second-order valence-corrected chi connectivity index (χ2v) is 28.9. The van der Waals surface area contributed by atoms with Crippen LogP contribution in [0, 0.1) is 0 Å². The van der Waals surface area contributed by atoms with Gasteiger partial charge in [-0.15, -0.1) is 0 Å². The first-order valence-corrected chi connectivity index (χ1v) is 47.7. The molecule has 0 aromatic heterocycles. The first kappa shape index (κ1) is 125. The van der Waals surface area contributed by atoms with Crippen molar-refractivity contribution >= 4 is 0 Å². The van der Waals surface area contributed by atoms with Crippen LogP contribution in [0.3, 0.4) is 0 Å². The Labute approximate surface area is 821 Å². The number of hydrogen-bond acceptors (Lipinski definition) is 35. The van der Waals surface area contributed by atoms with Gasteiger partial charge < -0.3 is 166 Å². The van der Waals surface area contributed by atoms with Gasteiger partial charge in [0.2, 0.25) is 0 Å². The van der Waals surface area contributed by atoms with E-state index in [0.717, 1.165) is 35.3 Å². The predicted octanol–water partition coefficient (Wildman–Crippen LogP) is 11.6. The van der Waals surface area contributed by atoms with E-state index in [1.807, 2.05) is 140 Å². The third-order valence-electron chi connectivity index (χ3n) is 17.9. The van der Waals surface area contributed by atoms with Crippen molar-refractivity contribution in [3.8, 4) is 34.5 Å². The maximum atomic E-state index is 8.71. The molecule has 6 rings (SSSR count). The molecule has 35 nitrogen and oxygen atoms in total.